The summed E-state index contributed by atoms with van der Waals surface area (Å²) >= 11 is 0. The van der Waals surface area contributed by atoms with Gasteiger partial charge in [0.15, 0.2) is 11.5 Å². The number of aromatic hydroxyl groups is 1. The number of hydrogen-bond donors (Lipinski definition) is 2. The Bertz CT molecular complexity index is 363. The molecule has 0 aliphatic heterocycles. The molecule has 1 aromatic carbocycles. The van der Waals surface area contributed by atoms with Crippen molar-refractivity contribution in [2.24, 2.45) is 11.1 Å². The molecule has 0 bridgehead atoms. The normalized spacial score (nSPS) is 12.9. The fourth-order valence-electron chi connectivity index (χ4n) is 1.17. The van der Waals surface area contributed by atoms with Gasteiger partial charge < -0.3 is 15.1 Å². The Morgan fingerprint density at radius 3 is 2.88 bits per heavy atom. The van der Waals surface area contributed by atoms with Crippen LogP contribution in [-0.4, -0.2) is 23.1 Å². The van der Waals surface area contributed by atoms with Crippen molar-refractivity contribution in [3.05, 3.63) is 23.8 Å². The largest absolute Gasteiger partial charge is 0.504 e. The number of para-hydroxylation sites is 1. The predicted octanol–water partition coefficient (Wildman–Crippen LogP) is 2.63. The monoisotopic (exact) mass is 223 g/mol. The maximum atomic E-state index is 9.78. The number of phenols is 1. The first-order chi connectivity index (χ1) is 7.69. The molecule has 1 aromatic rings. The lowest BCUT2D eigenvalue weighted by Crippen LogP contribution is -2.07. The van der Waals surface area contributed by atoms with Gasteiger partial charge >= 0.3 is 0 Å². The Morgan fingerprint density at radius 2 is 2.25 bits per heavy atom. The molecule has 0 amide bonds. The molecule has 0 radical (unpaired) electrons. The van der Waals surface area contributed by atoms with Gasteiger partial charge in [-0.2, -0.15) is 0 Å². The average molecular weight is 223 g/mol. The molecule has 0 heterocycles. The Labute approximate surface area is 95.2 Å². The van der Waals surface area contributed by atoms with E-state index in [2.05, 4.69) is 19.0 Å². The molecule has 0 fully saturated rings. The Kier molecular flexibility index (Phi) is 4.64. The summed E-state index contributed by atoms with van der Waals surface area (Å²) in [4.78, 5) is 0. The Balaban J connectivity index is 2.77. The summed E-state index contributed by atoms with van der Waals surface area (Å²) in [5.41, 5.74) is 0.434. The highest BCUT2D eigenvalue weighted by molar-refractivity contribution is 5.84. The average Bonchev–Trinajstić information content (AvgIpc) is 2.30. The van der Waals surface area contributed by atoms with Gasteiger partial charge in [-0.3, -0.25) is 0 Å². The molecule has 4 nitrogen and oxygen atoms in total. The highest BCUT2D eigenvalue weighted by atomic mass is 16.5. The minimum atomic E-state index is 0.00334. The molecule has 2 N–H and O–H groups in total. The molecule has 0 saturated carbocycles. The van der Waals surface area contributed by atoms with Gasteiger partial charge in [-0.05, 0) is 18.1 Å². The van der Waals surface area contributed by atoms with Gasteiger partial charge in [0, 0.05) is 5.56 Å². The molecule has 0 saturated heterocycles. The molecule has 4 heteroatoms. The number of phenolic OH excluding ortho intramolecular Hbond substituents is 1. The summed E-state index contributed by atoms with van der Waals surface area (Å²) in [5.74, 6) is 0.857. The molecule has 1 rings (SSSR count). The van der Waals surface area contributed by atoms with Crippen molar-refractivity contribution in [1.82, 2.24) is 0 Å². The smallest absolute Gasteiger partial charge is 0.166 e. The van der Waals surface area contributed by atoms with E-state index in [1.54, 1.807) is 18.2 Å². The van der Waals surface area contributed by atoms with Crippen molar-refractivity contribution < 1.29 is 15.1 Å². The zero-order valence-corrected chi connectivity index (χ0v) is 9.55. The molecule has 1 unspecified atom stereocenters. The number of rotatable bonds is 5. The topological polar surface area (TPSA) is 62.0 Å². The van der Waals surface area contributed by atoms with E-state index in [0.717, 1.165) is 6.42 Å². The molecular formula is C12H17NO3. The lowest BCUT2D eigenvalue weighted by molar-refractivity contribution is 0.246. The third-order valence-electron chi connectivity index (χ3n) is 2.45. The van der Waals surface area contributed by atoms with Gasteiger partial charge in [-0.15, -0.1) is 0 Å². The fourth-order valence-corrected chi connectivity index (χ4v) is 1.17. The van der Waals surface area contributed by atoms with Gasteiger partial charge in [-0.25, -0.2) is 0 Å². The van der Waals surface area contributed by atoms with Crippen LogP contribution in [0.1, 0.15) is 25.8 Å². The molecule has 0 spiro atoms. The summed E-state index contributed by atoms with van der Waals surface area (Å²) in [6.45, 7) is 4.72. The Hall–Kier alpha value is -1.71. The molecule has 1 atom stereocenters. The van der Waals surface area contributed by atoms with Gasteiger partial charge in [0.05, 0.1) is 12.8 Å². The van der Waals surface area contributed by atoms with Crippen LogP contribution in [0.3, 0.4) is 0 Å². The van der Waals surface area contributed by atoms with E-state index in [9.17, 15) is 5.11 Å². The van der Waals surface area contributed by atoms with E-state index < -0.39 is 0 Å². The summed E-state index contributed by atoms with van der Waals surface area (Å²) < 4.78 is 5.48. The summed E-state index contributed by atoms with van der Waals surface area (Å²) in [6, 6.07) is 5.07. The lowest BCUT2D eigenvalue weighted by Gasteiger charge is -2.12. The van der Waals surface area contributed by atoms with E-state index in [1.165, 1.54) is 6.21 Å². The van der Waals surface area contributed by atoms with Crippen LogP contribution in [0.15, 0.2) is 23.4 Å². The van der Waals surface area contributed by atoms with Crippen molar-refractivity contribution in [2.45, 2.75) is 20.3 Å². The van der Waals surface area contributed by atoms with Crippen LogP contribution in [0.5, 0.6) is 11.5 Å². The van der Waals surface area contributed by atoms with Crippen LogP contribution in [-0.2, 0) is 0 Å². The van der Waals surface area contributed by atoms with Crippen LogP contribution in [0.25, 0.3) is 0 Å². The van der Waals surface area contributed by atoms with Crippen LogP contribution >= 0.6 is 0 Å². The van der Waals surface area contributed by atoms with E-state index in [0.29, 0.717) is 23.8 Å². The number of benzene rings is 1. The van der Waals surface area contributed by atoms with Gasteiger partial charge in [0.25, 0.3) is 0 Å². The molecule has 0 aromatic heterocycles. The van der Waals surface area contributed by atoms with Crippen molar-refractivity contribution in [3.8, 4) is 11.5 Å². The Morgan fingerprint density at radius 1 is 1.50 bits per heavy atom. The highest BCUT2D eigenvalue weighted by Gasteiger charge is 2.08. The second-order valence-corrected chi connectivity index (χ2v) is 3.76. The molecule has 16 heavy (non-hydrogen) atoms. The quantitative estimate of drug-likeness (QED) is 0.458. The lowest BCUT2D eigenvalue weighted by atomic mass is 10.1. The van der Waals surface area contributed by atoms with Crippen LogP contribution in [0.2, 0.25) is 0 Å². The zero-order chi connectivity index (χ0) is 12.0. The van der Waals surface area contributed by atoms with Crippen LogP contribution in [0.4, 0.5) is 0 Å². The minimum absolute atomic E-state index is 0.00334. The first kappa shape index (κ1) is 12.4. The van der Waals surface area contributed by atoms with Crippen LogP contribution < -0.4 is 4.74 Å². The SMILES string of the molecule is CCC(C)COc1cccc(/C=N/O)c1O. The van der Waals surface area contributed by atoms with E-state index in [4.69, 9.17) is 9.94 Å². The standard InChI is InChI=1S/C12H17NO3/c1-3-9(2)8-16-11-6-4-5-10(7-13-15)12(11)14/h4-7,9,14-15H,3,8H2,1-2H3/b13-7+. The summed E-state index contributed by atoms with van der Waals surface area (Å²) in [5, 5.41) is 21.1. The van der Waals surface area contributed by atoms with Crippen LogP contribution in [0, 0.1) is 5.92 Å². The van der Waals surface area contributed by atoms with Crippen molar-refractivity contribution in [2.75, 3.05) is 6.61 Å². The third-order valence-corrected chi connectivity index (χ3v) is 2.45. The van der Waals surface area contributed by atoms with Gasteiger partial charge in [0.1, 0.15) is 0 Å². The van der Waals surface area contributed by atoms with Crippen molar-refractivity contribution in [1.29, 1.82) is 0 Å². The molecular weight excluding hydrogens is 206 g/mol. The first-order valence-electron chi connectivity index (χ1n) is 5.31. The highest BCUT2D eigenvalue weighted by Crippen LogP contribution is 2.29. The number of oxime groups is 1. The van der Waals surface area contributed by atoms with Gasteiger partial charge in [-0.1, -0.05) is 31.5 Å². The molecule has 88 valence electrons. The minimum Gasteiger partial charge on any atom is -0.504 e. The molecule has 0 aliphatic rings. The second-order valence-electron chi connectivity index (χ2n) is 3.76. The fraction of sp³-hybridized carbons (Fsp3) is 0.417. The predicted molar refractivity (Wildman–Crippen MR) is 62.4 cm³/mol. The first-order valence-corrected chi connectivity index (χ1v) is 5.31. The van der Waals surface area contributed by atoms with Crippen molar-refractivity contribution >= 4 is 6.21 Å². The number of nitrogens with zero attached hydrogens (tertiary/aromatic N) is 1. The number of ether oxygens (including phenoxy) is 1. The maximum Gasteiger partial charge on any atom is 0.166 e. The second kappa shape index (κ2) is 6.00. The van der Waals surface area contributed by atoms with E-state index >= 15 is 0 Å². The number of hydrogen-bond acceptors (Lipinski definition) is 4. The summed E-state index contributed by atoms with van der Waals surface area (Å²) in [6.07, 6.45) is 2.20. The molecule has 0 aliphatic carbocycles. The van der Waals surface area contributed by atoms with Gasteiger partial charge in [0.2, 0.25) is 0 Å². The third kappa shape index (κ3) is 3.15. The summed E-state index contributed by atoms with van der Waals surface area (Å²) in [7, 11) is 0. The van der Waals surface area contributed by atoms with Crippen molar-refractivity contribution in [3.63, 3.8) is 0 Å². The van der Waals surface area contributed by atoms with E-state index in [-0.39, 0.29) is 5.75 Å². The zero-order valence-electron chi connectivity index (χ0n) is 9.55. The van der Waals surface area contributed by atoms with E-state index in [1.807, 2.05) is 0 Å². The maximum absolute atomic E-state index is 9.78.